The molecule has 0 aromatic heterocycles. The summed E-state index contributed by atoms with van der Waals surface area (Å²) in [5.74, 6) is 0.0542. The highest BCUT2D eigenvalue weighted by Crippen LogP contribution is 2.23. The molecule has 5 heteroatoms. The van der Waals surface area contributed by atoms with Gasteiger partial charge in [-0.1, -0.05) is 0 Å². The SMILES string of the molecule is CC(C)(C)OC(=O)N/C=C\C(=N)OC1CC1. The van der Waals surface area contributed by atoms with Gasteiger partial charge in [0.2, 0.25) is 5.90 Å². The maximum atomic E-state index is 11.2. The molecule has 16 heavy (non-hydrogen) atoms. The minimum atomic E-state index is -0.539. The Morgan fingerprint density at radius 3 is 2.56 bits per heavy atom. The Bertz CT molecular complexity index is 301. The molecule has 90 valence electrons. The van der Waals surface area contributed by atoms with Crippen LogP contribution in [0.4, 0.5) is 4.79 Å². The van der Waals surface area contributed by atoms with E-state index in [4.69, 9.17) is 14.9 Å². The summed E-state index contributed by atoms with van der Waals surface area (Å²) in [6.45, 7) is 5.36. The van der Waals surface area contributed by atoms with Crippen molar-refractivity contribution in [1.29, 1.82) is 5.41 Å². The molecule has 0 atom stereocenters. The maximum Gasteiger partial charge on any atom is 0.411 e. The number of hydrogen-bond acceptors (Lipinski definition) is 4. The van der Waals surface area contributed by atoms with Crippen LogP contribution in [0.25, 0.3) is 0 Å². The van der Waals surface area contributed by atoms with Crippen LogP contribution in [0.1, 0.15) is 33.6 Å². The van der Waals surface area contributed by atoms with Crippen LogP contribution in [0, 0.1) is 5.41 Å². The van der Waals surface area contributed by atoms with Crippen molar-refractivity contribution in [3.05, 3.63) is 12.3 Å². The van der Waals surface area contributed by atoms with Gasteiger partial charge in [0.15, 0.2) is 0 Å². The molecule has 0 heterocycles. The quantitative estimate of drug-likeness (QED) is 0.572. The second kappa shape index (κ2) is 5.01. The van der Waals surface area contributed by atoms with Crippen molar-refractivity contribution < 1.29 is 14.3 Å². The fourth-order valence-electron chi connectivity index (χ4n) is 0.898. The van der Waals surface area contributed by atoms with Crippen molar-refractivity contribution in [2.45, 2.75) is 45.3 Å². The van der Waals surface area contributed by atoms with E-state index in [-0.39, 0.29) is 12.0 Å². The second-order valence-corrected chi connectivity index (χ2v) is 4.66. The number of ether oxygens (including phenoxy) is 2. The Labute approximate surface area is 95.3 Å². The first-order chi connectivity index (χ1) is 7.37. The highest BCUT2D eigenvalue weighted by Gasteiger charge is 2.23. The first kappa shape index (κ1) is 12.5. The Morgan fingerprint density at radius 2 is 2.06 bits per heavy atom. The maximum absolute atomic E-state index is 11.2. The average Bonchev–Trinajstić information content (AvgIpc) is 2.84. The average molecular weight is 226 g/mol. The van der Waals surface area contributed by atoms with Crippen LogP contribution < -0.4 is 5.32 Å². The second-order valence-electron chi connectivity index (χ2n) is 4.66. The van der Waals surface area contributed by atoms with Gasteiger partial charge in [0.1, 0.15) is 11.7 Å². The van der Waals surface area contributed by atoms with Gasteiger partial charge in [-0.3, -0.25) is 10.7 Å². The van der Waals surface area contributed by atoms with Crippen LogP contribution >= 0.6 is 0 Å². The summed E-state index contributed by atoms with van der Waals surface area (Å²) in [5, 5.41) is 9.78. The van der Waals surface area contributed by atoms with Crippen LogP contribution in [0.15, 0.2) is 12.3 Å². The molecule has 0 aromatic carbocycles. The molecule has 0 spiro atoms. The molecule has 5 nitrogen and oxygen atoms in total. The summed E-state index contributed by atoms with van der Waals surface area (Å²) in [6.07, 6.45) is 4.41. The van der Waals surface area contributed by atoms with Gasteiger partial charge in [0, 0.05) is 12.3 Å². The molecule has 1 aliphatic rings. The minimum Gasteiger partial charge on any atom is -0.475 e. The fraction of sp³-hybridized carbons (Fsp3) is 0.636. The predicted molar refractivity (Wildman–Crippen MR) is 60.3 cm³/mol. The lowest BCUT2D eigenvalue weighted by Crippen LogP contribution is -2.29. The predicted octanol–water partition coefficient (Wildman–Crippen LogP) is 2.18. The highest BCUT2D eigenvalue weighted by molar-refractivity contribution is 5.85. The van der Waals surface area contributed by atoms with E-state index in [1.807, 2.05) is 0 Å². The van der Waals surface area contributed by atoms with Crippen LogP contribution in [0.5, 0.6) is 0 Å². The molecule has 1 amide bonds. The lowest BCUT2D eigenvalue weighted by atomic mass is 10.2. The lowest BCUT2D eigenvalue weighted by molar-refractivity contribution is 0.0552. The number of carbonyl (C=O) groups is 1. The summed E-state index contributed by atoms with van der Waals surface area (Å²) < 4.78 is 10.1. The molecule has 0 aliphatic heterocycles. The summed E-state index contributed by atoms with van der Waals surface area (Å²) in [7, 11) is 0. The highest BCUT2D eigenvalue weighted by atomic mass is 16.6. The number of alkyl carbamates (subject to hydrolysis) is 1. The van der Waals surface area contributed by atoms with Gasteiger partial charge in [0.25, 0.3) is 0 Å². The van der Waals surface area contributed by atoms with Gasteiger partial charge in [-0.25, -0.2) is 4.79 Å². The third-order valence-corrected chi connectivity index (χ3v) is 1.65. The van der Waals surface area contributed by atoms with Gasteiger partial charge in [-0.05, 0) is 33.6 Å². The van der Waals surface area contributed by atoms with Gasteiger partial charge < -0.3 is 9.47 Å². The normalized spacial score (nSPS) is 15.9. The Kier molecular flexibility index (Phi) is 3.93. The summed E-state index contributed by atoms with van der Waals surface area (Å²) >= 11 is 0. The molecule has 1 rings (SSSR count). The monoisotopic (exact) mass is 226 g/mol. The van der Waals surface area contributed by atoms with Crippen molar-refractivity contribution in [3.63, 3.8) is 0 Å². The summed E-state index contributed by atoms with van der Waals surface area (Å²) in [6, 6.07) is 0. The van der Waals surface area contributed by atoms with Crippen molar-refractivity contribution in [1.82, 2.24) is 5.32 Å². The van der Waals surface area contributed by atoms with E-state index >= 15 is 0 Å². The Hall–Kier alpha value is -1.52. The summed E-state index contributed by atoms with van der Waals surface area (Å²) in [5.41, 5.74) is -0.518. The van der Waals surface area contributed by atoms with E-state index in [1.165, 1.54) is 12.3 Å². The zero-order valence-corrected chi connectivity index (χ0v) is 9.87. The standard InChI is InChI=1S/C11H18N2O3/c1-11(2,3)16-10(14)13-7-6-9(12)15-8-4-5-8/h6-8,12H,4-5H2,1-3H3,(H,13,14)/b7-6-,12-9?. The number of amides is 1. The number of carbonyl (C=O) groups excluding carboxylic acids is 1. The van der Waals surface area contributed by atoms with Gasteiger partial charge in [-0.2, -0.15) is 0 Å². The molecular weight excluding hydrogens is 208 g/mol. The van der Waals surface area contributed by atoms with Gasteiger partial charge in [0.05, 0.1) is 0 Å². The van der Waals surface area contributed by atoms with Gasteiger partial charge >= 0.3 is 6.09 Å². The van der Waals surface area contributed by atoms with Gasteiger partial charge in [-0.15, -0.1) is 0 Å². The first-order valence-corrected chi connectivity index (χ1v) is 5.28. The van der Waals surface area contributed by atoms with Crippen molar-refractivity contribution >= 4 is 12.0 Å². The molecule has 0 saturated heterocycles. The lowest BCUT2D eigenvalue weighted by Gasteiger charge is -2.18. The first-order valence-electron chi connectivity index (χ1n) is 5.28. The van der Waals surface area contributed by atoms with Crippen molar-refractivity contribution in [2.75, 3.05) is 0 Å². The largest absolute Gasteiger partial charge is 0.475 e. The number of hydrogen-bond donors (Lipinski definition) is 2. The molecule has 0 bridgehead atoms. The molecular formula is C11H18N2O3. The molecule has 0 radical (unpaired) electrons. The molecule has 2 N–H and O–H groups in total. The van der Waals surface area contributed by atoms with E-state index in [2.05, 4.69) is 5.32 Å². The topological polar surface area (TPSA) is 71.4 Å². The smallest absolute Gasteiger partial charge is 0.411 e. The van der Waals surface area contributed by atoms with E-state index in [1.54, 1.807) is 20.8 Å². The zero-order valence-electron chi connectivity index (χ0n) is 9.87. The van der Waals surface area contributed by atoms with Crippen molar-refractivity contribution in [2.24, 2.45) is 0 Å². The third-order valence-electron chi connectivity index (χ3n) is 1.65. The van der Waals surface area contributed by atoms with Crippen LogP contribution in [0.3, 0.4) is 0 Å². The summed E-state index contributed by atoms with van der Waals surface area (Å²) in [4.78, 5) is 11.2. The van der Waals surface area contributed by atoms with Crippen LogP contribution in [-0.4, -0.2) is 23.7 Å². The molecule has 0 unspecified atom stereocenters. The molecule has 0 aromatic rings. The molecule has 1 aliphatic carbocycles. The Balaban J connectivity index is 2.19. The fourth-order valence-corrected chi connectivity index (χ4v) is 0.898. The van der Waals surface area contributed by atoms with Crippen molar-refractivity contribution in [3.8, 4) is 0 Å². The molecule has 1 fully saturated rings. The minimum absolute atomic E-state index is 0.0542. The molecule has 1 saturated carbocycles. The van der Waals surface area contributed by atoms with E-state index in [0.717, 1.165) is 12.8 Å². The van der Waals surface area contributed by atoms with E-state index < -0.39 is 11.7 Å². The van der Waals surface area contributed by atoms with E-state index in [0.29, 0.717) is 0 Å². The van der Waals surface area contributed by atoms with Crippen LogP contribution in [-0.2, 0) is 9.47 Å². The number of rotatable bonds is 3. The van der Waals surface area contributed by atoms with E-state index in [9.17, 15) is 4.79 Å². The number of nitrogens with one attached hydrogen (secondary N) is 2. The van der Waals surface area contributed by atoms with Crippen LogP contribution in [0.2, 0.25) is 0 Å². The third kappa shape index (κ3) is 6.06. The Morgan fingerprint density at radius 1 is 1.44 bits per heavy atom. The zero-order chi connectivity index (χ0) is 12.2.